The molecule has 1 aliphatic rings. The number of hydrogen-bond donors (Lipinski definition) is 6. The first-order valence-electron chi connectivity index (χ1n) is 22.4. The van der Waals surface area contributed by atoms with Crippen molar-refractivity contribution in [3.63, 3.8) is 0 Å². The number of phosphoric acid groups is 1. The normalized spacial score (nSPS) is 22.8. The third-order valence-corrected chi connectivity index (χ3v) is 11.2. The molecule has 0 aliphatic heterocycles. The van der Waals surface area contributed by atoms with Gasteiger partial charge in [0.2, 0.25) is 0 Å². The SMILES string of the molecule is CCC=CCC=CCC=CCC=CCCCCCCC(=O)OCC(COP(=O)(O)OC1C(O)C(O)C(O)C(O)C1O)OC(=O)CCCCCCCCCCCCCCC. The fraction of sp³-hybridized carbons (Fsp3) is 0.778. The molecule has 14 heteroatoms. The van der Waals surface area contributed by atoms with Gasteiger partial charge in [-0.3, -0.25) is 18.6 Å². The van der Waals surface area contributed by atoms with E-state index in [1.54, 1.807) is 0 Å². The number of ether oxygens (including phenoxy) is 2. The summed E-state index contributed by atoms with van der Waals surface area (Å²) in [6, 6.07) is 0. The molecule has 6 N–H and O–H groups in total. The van der Waals surface area contributed by atoms with Gasteiger partial charge in [0.25, 0.3) is 0 Å². The Labute approximate surface area is 354 Å². The lowest BCUT2D eigenvalue weighted by Gasteiger charge is -2.41. The Bertz CT molecular complexity index is 1220. The molecular weight excluding hydrogens is 779 g/mol. The molecule has 1 aliphatic carbocycles. The van der Waals surface area contributed by atoms with Crippen LogP contribution >= 0.6 is 7.82 Å². The Balaban J connectivity index is 2.49. The van der Waals surface area contributed by atoms with Gasteiger partial charge in [-0.15, -0.1) is 0 Å². The van der Waals surface area contributed by atoms with Gasteiger partial charge in [-0.2, -0.15) is 0 Å². The number of allylic oxidation sites excluding steroid dienone is 8. The summed E-state index contributed by atoms with van der Waals surface area (Å²) in [6.07, 6.45) is 27.4. The smallest absolute Gasteiger partial charge is 0.462 e. The monoisotopic (exact) mass is 859 g/mol. The van der Waals surface area contributed by atoms with Crippen LogP contribution in [-0.4, -0.2) is 98.3 Å². The first-order valence-corrected chi connectivity index (χ1v) is 23.9. The predicted molar refractivity (Wildman–Crippen MR) is 230 cm³/mol. The molecule has 0 aromatic heterocycles. The zero-order chi connectivity index (χ0) is 43.6. The van der Waals surface area contributed by atoms with Crippen LogP contribution in [0.4, 0.5) is 0 Å². The minimum atomic E-state index is -5.12. The molecule has 1 saturated carbocycles. The van der Waals surface area contributed by atoms with Crippen molar-refractivity contribution in [2.75, 3.05) is 13.2 Å². The molecular formula is C45H79O13P. The summed E-state index contributed by atoms with van der Waals surface area (Å²) >= 11 is 0. The molecule has 13 nitrogen and oxygen atoms in total. The number of unbranched alkanes of at least 4 members (excludes halogenated alkanes) is 16. The van der Waals surface area contributed by atoms with Gasteiger partial charge in [-0.1, -0.05) is 152 Å². The van der Waals surface area contributed by atoms with Crippen LogP contribution in [0.5, 0.6) is 0 Å². The third kappa shape index (κ3) is 28.1. The average Bonchev–Trinajstić information content (AvgIpc) is 3.21. The fourth-order valence-corrected chi connectivity index (χ4v) is 7.54. The second-order valence-corrected chi connectivity index (χ2v) is 16.9. The first kappa shape index (κ1) is 54.8. The highest BCUT2D eigenvalue weighted by atomic mass is 31.2. The summed E-state index contributed by atoms with van der Waals surface area (Å²) in [7, 11) is -5.12. The van der Waals surface area contributed by atoms with Gasteiger partial charge in [-0.05, 0) is 51.4 Å². The van der Waals surface area contributed by atoms with Crippen molar-refractivity contribution in [2.24, 2.45) is 0 Å². The number of hydrogen-bond acceptors (Lipinski definition) is 12. The minimum absolute atomic E-state index is 0.0922. The summed E-state index contributed by atoms with van der Waals surface area (Å²) in [6.45, 7) is 3.15. The zero-order valence-corrected chi connectivity index (χ0v) is 36.9. The number of esters is 2. The maximum absolute atomic E-state index is 12.8. The largest absolute Gasteiger partial charge is 0.472 e. The molecule has 1 rings (SSSR count). The molecule has 0 saturated heterocycles. The van der Waals surface area contributed by atoms with Crippen LogP contribution in [0, 0.1) is 0 Å². The maximum Gasteiger partial charge on any atom is 0.472 e. The lowest BCUT2D eigenvalue weighted by molar-refractivity contribution is -0.220. The van der Waals surface area contributed by atoms with Crippen LogP contribution in [0.2, 0.25) is 0 Å². The minimum Gasteiger partial charge on any atom is -0.462 e. The average molecular weight is 859 g/mol. The van der Waals surface area contributed by atoms with E-state index in [1.165, 1.54) is 51.4 Å². The number of phosphoric ester groups is 1. The Kier molecular flexibility index (Phi) is 32.9. The van der Waals surface area contributed by atoms with E-state index in [4.69, 9.17) is 18.5 Å². The van der Waals surface area contributed by atoms with Crippen LogP contribution < -0.4 is 0 Å². The van der Waals surface area contributed by atoms with Gasteiger partial charge in [0.1, 0.15) is 43.2 Å². The molecule has 6 unspecified atom stereocenters. The van der Waals surface area contributed by atoms with Crippen molar-refractivity contribution in [3.05, 3.63) is 48.6 Å². The lowest BCUT2D eigenvalue weighted by Crippen LogP contribution is -2.64. The van der Waals surface area contributed by atoms with Gasteiger partial charge in [0.15, 0.2) is 6.10 Å². The van der Waals surface area contributed by atoms with E-state index in [1.807, 2.05) is 0 Å². The van der Waals surface area contributed by atoms with Gasteiger partial charge >= 0.3 is 19.8 Å². The van der Waals surface area contributed by atoms with Crippen molar-refractivity contribution < 1.29 is 63.1 Å². The summed E-state index contributed by atoms with van der Waals surface area (Å²) in [5.74, 6) is -1.13. The maximum atomic E-state index is 12.8. The van der Waals surface area contributed by atoms with Gasteiger partial charge in [-0.25, -0.2) is 4.57 Å². The first-order chi connectivity index (χ1) is 28.4. The summed E-state index contributed by atoms with van der Waals surface area (Å²) in [5, 5.41) is 50.1. The summed E-state index contributed by atoms with van der Waals surface area (Å²) < 4.78 is 33.5. The topological polar surface area (TPSA) is 210 Å². The van der Waals surface area contributed by atoms with E-state index < -0.39 is 75.7 Å². The molecule has 0 heterocycles. The molecule has 342 valence electrons. The summed E-state index contributed by atoms with van der Waals surface area (Å²) in [4.78, 5) is 35.6. The summed E-state index contributed by atoms with van der Waals surface area (Å²) in [5.41, 5.74) is 0. The van der Waals surface area contributed by atoms with Crippen LogP contribution in [0.25, 0.3) is 0 Å². The molecule has 0 aromatic carbocycles. The highest BCUT2D eigenvalue weighted by Crippen LogP contribution is 2.47. The second kappa shape index (κ2) is 35.4. The molecule has 6 atom stereocenters. The fourth-order valence-electron chi connectivity index (χ4n) is 6.57. The Morgan fingerprint density at radius 1 is 0.542 bits per heavy atom. The van der Waals surface area contributed by atoms with Crippen molar-refractivity contribution in [1.82, 2.24) is 0 Å². The molecule has 0 radical (unpaired) electrons. The van der Waals surface area contributed by atoms with Gasteiger partial charge in [0.05, 0.1) is 6.61 Å². The van der Waals surface area contributed by atoms with Crippen molar-refractivity contribution in [2.45, 2.75) is 211 Å². The lowest BCUT2D eigenvalue weighted by atomic mass is 9.85. The standard InChI is InChI=1S/C45H79O13P/c1-3-5-7-9-11-13-15-17-18-19-20-22-23-25-27-29-31-33-38(46)55-35-37(36-56-59(53,54)58-45-43(51)41(49)40(48)42(50)44(45)52)57-39(47)34-32-30-28-26-24-21-16-14-12-10-8-6-4-2/h5,7,11,13,17-18,20,22,37,40-45,48-52H,3-4,6,8-10,12,14-16,19,21,23-36H2,1-2H3,(H,53,54). The zero-order valence-electron chi connectivity index (χ0n) is 36.0. The molecule has 0 spiro atoms. The molecule has 59 heavy (non-hydrogen) atoms. The number of aliphatic hydroxyl groups is 5. The van der Waals surface area contributed by atoms with Crippen LogP contribution in [0.3, 0.4) is 0 Å². The molecule has 0 amide bonds. The second-order valence-electron chi connectivity index (χ2n) is 15.5. The number of rotatable bonds is 36. The van der Waals surface area contributed by atoms with E-state index >= 15 is 0 Å². The van der Waals surface area contributed by atoms with E-state index in [9.17, 15) is 44.6 Å². The van der Waals surface area contributed by atoms with E-state index in [0.29, 0.717) is 12.8 Å². The molecule has 0 aromatic rings. The Morgan fingerprint density at radius 2 is 0.966 bits per heavy atom. The Hall–Kier alpha value is -2.19. The predicted octanol–water partition coefficient (Wildman–Crippen LogP) is 8.39. The van der Waals surface area contributed by atoms with Crippen LogP contribution in [0.1, 0.15) is 168 Å². The highest BCUT2D eigenvalue weighted by molar-refractivity contribution is 7.47. The molecule has 0 bridgehead atoms. The number of carbonyl (C=O) groups is 2. The third-order valence-electron chi connectivity index (χ3n) is 10.2. The van der Waals surface area contributed by atoms with Crippen molar-refractivity contribution >= 4 is 19.8 Å². The van der Waals surface area contributed by atoms with Crippen LogP contribution in [0.15, 0.2) is 48.6 Å². The van der Waals surface area contributed by atoms with E-state index in [2.05, 4.69) is 62.5 Å². The Morgan fingerprint density at radius 3 is 1.47 bits per heavy atom. The highest BCUT2D eigenvalue weighted by Gasteiger charge is 2.51. The van der Waals surface area contributed by atoms with Gasteiger partial charge in [0, 0.05) is 12.8 Å². The van der Waals surface area contributed by atoms with Crippen molar-refractivity contribution in [3.8, 4) is 0 Å². The van der Waals surface area contributed by atoms with Crippen molar-refractivity contribution in [1.29, 1.82) is 0 Å². The van der Waals surface area contributed by atoms with E-state index in [-0.39, 0.29) is 12.8 Å². The van der Waals surface area contributed by atoms with Gasteiger partial charge < -0.3 is 39.9 Å². The number of carbonyl (C=O) groups excluding carboxylic acids is 2. The van der Waals surface area contributed by atoms with Crippen LogP contribution in [-0.2, 0) is 32.7 Å². The quantitative estimate of drug-likeness (QED) is 0.0152. The van der Waals surface area contributed by atoms with E-state index in [0.717, 1.165) is 77.0 Å². The molecule has 1 fully saturated rings. The number of aliphatic hydroxyl groups excluding tert-OH is 5.